The molecule has 0 spiro atoms. The third-order valence-electron chi connectivity index (χ3n) is 2.45. The lowest BCUT2D eigenvalue weighted by atomic mass is 10.3. The van der Waals surface area contributed by atoms with E-state index in [9.17, 15) is 5.11 Å². The van der Waals surface area contributed by atoms with E-state index in [0.717, 1.165) is 10.7 Å². The number of hydrogen-bond donors (Lipinski definition) is 3. The zero-order valence-corrected chi connectivity index (χ0v) is 12.2. The number of aromatic hydroxyl groups is 1. The lowest BCUT2D eigenvalue weighted by Crippen LogP contribution is -2.05. The molecule has 11 heteroatoms. The van der Waals surface area contributed by atoms with Crippen molar-refractivity contribution in [1.82, 2.24) is 30.4 Å². The Labute approximate surface area is 127 Å². The summed E-state index contributed by atoms with van der Waals surface area (Å²) in [5.41, 5.74) is 3.22. The number of rotatable bonds is 5. The molecule has 3 rings (SSSR count). The highest BCUT2D eigenvalue weighted by atomic mass is 32.2. The summed E-state index contributed by atoms with van der Waals surface area (Å²) in [5.74, 6) is 6.03. The van der Waals surface area contributed by atoms with Crippen molar-refractivity contribution < 1.29 is 5.11 Å². The van der Waals surface area contributed by atoms with Crippen LogP contribution in [0.1, 0.15) is 5.01 Å². The maximum atomic E-state index is 9.31. The monoisotopic (exact) mass is 322 g/mol. The van der Waals surface area contributed by atoms with Crippen molar-refractivity contribution in [2.45, 2.75) is 10.9 Å². The third-order valence-corrected chi connectivity index (χ3v) is 4.42. The molecular formula is C10H10N8OS2. The molecule has 108 valence electrons. The van der Waals surface area contributed by atoms with Crippen LogP contribution in [0, 0.1) is 0 Å². The molecule has 21 heavy (non-hydrogen) atoms. The highest BCUT2D eigenvalue weighted by Gasteiger charge is 2.11. The van der Waals surface area contributed by atoms with Crippen LogP contribution < -0.4 is 11.3 Å². The Morgan fingerprint density at radius 1 is 1.24 bits per heavy atom. The van der Waals surface area contributed by atoms with Crippen molar-refractivity contribution in [1.29, 1.82) is 0 Å². The van der Waals surface area contributed by atoms with E-state index in [1.165, 1.54) is 23.1 Å². The molecule has 2 heterocycles. The standard InChI is InChI=1S/C10H10N8OS2/c11-12-9-14-13-8(21-9)5-20-10-15-16-17-18(10)6-1-3-7(19)4-2-6/h1-4,19H,5,11H2,(H,12,14). The van der Waals surface area contributed by atoms with E-state index in [1.54, 1.807) is 28.9 Å². The quantitative estimate of drug-likeness (QED) is 0.355. The molecule has 0 unspecified atom stereocenters. The second-order valence-corrected chi connectivity index (χ2v) is 5.83. The Morgan fingerprint density at radius 3 is 2.76 bits per heavy atom. The van der Waals surface area contributed by atoms with Crippen LogP contribution in [0.4, 0.5) is 5.13 Å². The molecule has 0 saturated carbocycles. The van der Waals surface area contributed by atoms with Gasteiger partial charge in [-0.15, -0.1) is 15.3 Å². The first kappa shape index (κ1) is 13.7. The van der Waals surface area contributed by atoms with Gasteiger partial charge in [0.15, 0.2) is 0 Å². The summed E-state index contributed by atoms with van der Waals surface area (Å²) in [6.45, 7) is 0. The molecule has 9 nitrogen and oxygen atoms in total. The fourth-order valence-electron chi connectivity index (χ4n) is 1.52. The average Bonchev–Trinajstić information content (AvgIpc) is 3.15. The number of benzene rings is 1. The minimum Gasteiger partial charge on any atom is -0.508 e. The summed E-state index contributed by atoms with van der Waals surface area (Å²) in [6, 6.07) is 6.62. The molecule has 0 amide bonds. The van der Waals surface area contributed by atoms with E-state index < -0.39 is 0 Å². The van der Waals surface area contributed by atoms with E-state index in [4.69, 9.17) is 5.84 Å². The van der Waals surface area contributed by atoms with Crippen LogP contribution in [0.25, 0.3) is 5.69 Å². The van der Waals surface area contributed by atoms with Gasteiger partial charge >= 0.3 is 0 Å². The molecule has 0 aliphatic rings. The van der Waals surface area contributed by atoms with Crippen molar-refractivity contribution in [3.8, 4) is 11.4 Å². The summed E-state index contributed by atoms with van der Waals surface area (Å²) in [6.07, 6.45) is 0. The Bertz CT molecular complexity index is 725. The summed E-state index contributed by atoms with van der Waals surface area (Å²) >= 11 is 2.80. The number of nitrogens with zero attached hydrogens (tertiary/aromatic N) is 6. The molecule has 0 saturated heterocycles. The van der Waals surface area contributed by atoms with Gasteiger partial charge in [-0.1, -0.05) is 23.1 Å². The SMILES string of the molecule is NNc1nnc(CSc2nnnn2-c2ccc(O)cc2)s1. The first-order chi connectivity index (χ1) is 10.3. The zero-order chi connectivity index (χ0) is 14.7. The highest BCUT2D eigenvalue weighted by molar-refractivity contribution is 7.98. The number of thioether (sulfide) groups is 1. The number of nitrogen functional groups attached to an aromatic ring is 1. The van der Waals surface area contributed by atoms with Gasteiger partial charge in [-0.3, -0.25) is 5.43 Å². The van der Waals surface area contributed by atoms with Crippen molar-refractivity contribution in [2.24, 2.45) is 5.84 Å². The first-order valence-corrected chi connectivity index (χ1v) is 7.56. The molecular weight excluding hydrogens is 312 g/mol. The molecule has 0 atom stereocenters. The number of hydrazine groups is 1. The predicted molar refractivity (Wildman–Crippen MR) is 78.1 cm³/mol. The lowest BCUT2D eigenvalue weighted by molar-refractivity contribution is 0.475. The highest BCUT2D eigenvalue weighted by Crippen LogP contribution is 2.25. The van der Waals surface area contributed by atoms with Crippen LogP contribution in [0.3, 0.4) is 0 Å². The molecule has 0 aliphatic heterocycles. The number of tetrazole rings is 1. The van der Waals surface area contributed by atoms with Gasteiger partial charge in [0.05, 0.1) is 11.4 Å². The van der Waals surface area contributed by atoms with Gasteiger partial charge in [0.2, 0.25) is 10.3 Å². The second-order valence-electron chi connectivity index (χ2n) is 3.82. The van der Waals surface area contributed by atoms with E-state index in [-0.39, 0.29) is 5.75 Å². The van der Waals surface area contributed by atoms with Gasteiger partial charge in [-0.25, -0.2) is 5.84 Å². The summed E-state index contributed by atoms with van der Waals surface area (Å²) in [7, 11) is 0. The number of hydrogen-bond acceptors (Lipinski definition) is 10. The average molecular weight is 322 g/mol. The Kier molecular flexibility index (Phi) is 3.94. The van der Waals surface area contributed by atoms with E-state index in [1.807, 2.05) is 0 Å². The topological polar surface area (TPSA) is 128 Å². The lowest BCUT2D eigenvalue weighted by Gasteiger charge is -2.03. The predicted octanol–water partition coefficient (Wildman–Crippen LogP) is 0.797. The van der Waals surface area contributed by atoms with Crippen molar-refractivity contribution >= 4 is 28.2 Å². The molecule has 1 aromatic carbocycles. The van der Waals surface area contributed by atoms with E-state index in [0.29, 0.717) is 16.0 Å². The molecule has 0 radical (unpaired) electrons. The minimum atomic E-state index is 0.191. The van der Waals surface area contributed by atoms with Gasteiger partial charge < -0.3 is 5.11 Å². The molecule has 3 aromatic rings. The van der Waals surface area contributed by atoms with E-state index in [2.05, 4.69) is 31.1 Å². The Morgan fingerprint density at radius 2 is 2.05 bits per heavy atom. The van der Waals surface area contributed by atoms with Crippen molar-refractivity contribution in [2.75, 3.05) is 5.43 Å². The third kappa shape index (κ3) is 3.09. The van der Waals surface area contributed by atoms with Crippen LogP contribution in [0.2, 0.25) is 0 Å². The number of aromatic nitrogens is 6. The number of anilines is 1. The first-order valence-electron chi connectivity index (χ1n) is 5.76. The van der Waals surface area contributed by atoms with Crippen LogP contribution in [0.15, 0.2) is 29.4 Å². The van der Waals surface area contributed by atoms with Crippen LogP contribution in [-0.4, -0.2) is 35.5 Å². The smallest absolute Gasteiger partial charge is 0.219 e. The molecule has 2 aromatic heterocycles. The molecule has 0 fully saturated rings. The number of phenols is 1. The van der Waals surface area contributed by atoms with Gasteiger partial charge in [0, 0.05) is 0 Å². The molecule has 0 aliphatic carbocycles. The zero-order valence-electron chi connectivity index (χ0n) is 10.5. The summed E-state index contributed by atoms with van der Waals surface area (Å²) in [4.78, 5) is 0. The second kappa shape index (κ2) is 6.03. The fraction of sp³-hybridized carbons (Fsp3) is 0.100. The van der Waals surface area contributed by atoms with Crippen LogP contribution >= 0.6 is 23.1 Å². The van der Waals surface area contributed by atoms with Crippen molar-refractivity contribution in [3.05, 3.63) is 29.3 Å². The van der Waals surface area contributed by atoms with Crippen molar-refractivity contribution in [3.63, 3.8) is 0 Å². The van der Waals surface area contributed by atoms with Gasteiger partial charge in [-0.05, 0) is 34.7 Å². The fourth-order valence-corrected chi connectivity index (χ4v) is 3.05. The summed E-state index contributed by atoms with van der Waals surface area (Å²) < 4.78 is 1.59. The van der Waals surface area contributed by atoms with Crippen LogP contribution in [-0.2, 0) is 5.75 Å². The van der Waals surface area contributed by atoms with Gasteiger partial charge in [-0.2, -0.15) is 4.68 Å². The number of nitrogens with one attached hydrogen (secondary N) is 1. The van der Waals surface area contributed by atoms with Gasteiger partial charge in [0.1, 0.15) is 10.8 Å². The van der Waals surface area contributed by atoms with Gasteiger partial charge in [0.25, 0.3) is 0 Å². The maximum Gasteiger partial charge on any atom is 0.219 e. The molecule has 4 N–H and O–H groups in total. The number of nitrogens with two attached hydrogens (primary N) is 1. The maximum absolute atomic E-state index is 9.31. The minimum absolute atomic E-state index is 0.191. The Balaban J connectivity index is 1.74. The Hall–Kier alpha value is -2.24. The number of phenolic OH excluding ortho intramolecular Hbond substituents is 1. The van der Waals surface area contributed by atoms with E-state index >= 15 is 0 Å². The largest absolute Gasteiger partial charge is 0.508 e. The van der Waals surface area contributed by atoms with Crippen LogP contribution in [0.5, 0.6) is 5.75 Å². The summed E-state index contributed by atoms with van der Waals surface area (Å²) in [5, 5.41) is 30.7. The normalized spacial score (nSPS) is 10.7. The molecule has 0 bridgehead atoms.